The van der Waals surface area contributed by atoms with Crippen LogP contribution in [0.2, 0.25) is 10.0 Å². The van der Waals surface area contributed by atoms with Gasteiger partial charge in [0.15, 0.2) is 0 Å². The van der Waals surface area contributed by atoms with Crippen LogP contribution in [0.4, 0.5) is 0 Å². The molecule has 0 unspecified atom stereocenters. The maximum absolute atomic E-state index is 14.4. The zero-order valence-electron chi connectivity index (χ0n) is 24.0. The summed E-state index contributed by atoms with van der Waals surface area (Å²) in [5, 5.41) is 32.0. The van der Waals surface area contributed by atoms with Crippen molar-refractivity contribution in [2.24, 2.45) is 0 Å². The van der Waals surface area contributed by atoms with Gasteiger partial charge in [-0.25, -0.2) is 0 Å². The van der Waals surface area contributed by atoms with Crippen LogP contribution < -0.4 is 5.32 Å². The lowest BCUT2D eigenvalue weighted by Crippen LogP contribution is -2.59. The Kier molecular flexibility index (Phi) is 11.4. The van der Waals surface area contributed by atoms with Gasteiger partial charge in [-0.2, -0.15) is 5.26 Å². The van der Waals surface area contributed by atoms with E-state index in [4.69, 9.17) is 33.0 Å². The van der Waals surface area contributed by atoms with E-state index < -0.39 is 54.6 Å². The lowest BCUT2D eigenvalue weighted by atomic mass is 9.88. The van der Waals surface area contributed by atoms with Gasteiger partial charge < -0.3 is 25.2 Å². The number of hydrogen-bond donors (Lipinski definition) is 3. The summed E-state index contributed by atoms with van der Waals surface area (Å²) in [4.78, 5) is 40.8. The normalized spacial score (nSPS) is 19.6. The molecule has 44 heavy (non-hydrogen) atoms. The number of carbonyl (C=O) groups excluding carboxylic acids is 2. The van der Waals surface area contributed by atoms with Crippen LogP contribution in [0.1, 0.15) is 60.6 Å². The first-order valence-corrected chi connectivity index (χ1v) is 15.0. The van der Waals surface area contributed by atoms with Gasteiger partial charge in [0.1, 0.15) is 18.2 Å². The van der Waals surface area contributed by atoms with Gasteiger partial charge >= 0.3 is 5.97 Å². The SMILES string of the molecule is CCC[C@@H](C(=O)NC[C@H](O)CC(=O)O)N1C(=O)[C@@H](Cc2ccc(C#N)cc2)O[C@H](c2ccc(Cl)cc2)[C@@H]1c1ccc(Cl)cc1. The van der Waals surface area contributed by atoms with Gasteiger partial charge in [-0.15, -0.1) is 0 Å². The number of hydrogen-bond acceptors (Lipinski definition) is 6. The number of nitrogens with one attached hydrogen (secondary N) is 1. The third-order valence-corrected chi connectivity index (χ3v) is 7.97. The predicted molar refractivity (Wildman–Crippen MR) is 165 cm³/mol. The number of aliphatic hydroxyl groups is 1. The highest BCUT2D eigenvalue weighted by Gasteiger charge is 2.48. The second-order valence-corrected chi connectivity index (χ2v) is 11.5. The maximum atomic E-state index is 14.4. The number of nitriles is 1. The molecule has 0 saturated carbocycles. The van der Waals surface area contributed by atoms with E-state index in [-0.39, 0.29) is 13.0 Å². The van der Waals surface area contributed by atoms with Crippen LogP contribution in [-0.2, 0) is 25.5 Å². The van der Waals surface area contributed by atoms with E-state index in [9.17, 15) is 24.8 Å². The average molecular weight is 639 g/mol. The molecule has 5 atom stereocenters. The van der Waals surface area contributed by atoms with Crippen molar-refractivity contribution in [2.45, 2.75) is 63.0 Å². The molecular weight excluding hydrogens is 605 g/mol. The summed E-state index contributed by atoms with van der Waals surface area (Å²) < 4.78 is 6.59. The topological polar surface area (TPSA) is 140 Å². The van der Waals surface area contributed by atoms with E-state index in [0.717, 1.165) is 11.1 Å². The second kappa shape index (κ2) is 15.2. The Morgan fingerprint density at radius 2 is 1.59 bits per heavy atom. The first-order chi connectivity index (χ1) is 21.1. The molecule has 0 bridgehead atoms. The van der Waals surface area contributed by atoms with Crippen molar-refractivity contribution in [2.75, 3.05) is 6.54 Å². The van der Waals surface area contributed by atoms with E-state index in [0.29, 0.717) is 34.0 Å². The van der Waals surface area contributed by atoms with E-state index >= 15 is 0 Å². The Hall–Kier alpha value is -3.94. The molecule has 230 valence electrons. The lowest BCUT2D eigenvalue weighted by molar-refractivity contribution is -0.181. The van der Waals surface area contributed by atoms with Gasteiger partial charge in [0.05, 0.1) is 30.2 Å². The molecule has 4 rings (SSSR count). The molecule has 0 spiro atoms. The Bertz CT molecular complexity index is 1490. The van der Waals surface area contributed by atoms with E-state index in [1.165, 1.54) is 0 Å². The van der Waals surface area contributed by atoms with Gasteiger partial charge in [0.25, 0.3) is 5.91 Å². The number of carbonyl (C=O) groups is 3. The fourth-order valence-corrected chi connectivity index (χ4v) is 5.61. The van der Waals surface area contributed by atoms with Gasteiger partial charge in [-0.3, -0.25) is 14.4 Å². The minimum Gasteiger partial charge on any atom is -0.481 e. The predicted octanol–water partition coefficient (Wildman–Crippen LogP) is 5.24. The quantitative estimate of drug-likeness (QED) is 0.247. The minimum atomic E-state index is -1.29. The van der Waals surface area contributed by atoms with E-state index in [2.05, 4.69) is 11.4 Å². The van der Waals surface area contributed by atoms with Crippen LogP contribution in [-0.4, -0.2) is 57.7 Å². The van der Waals surface area contributed by atoms with Crippen LogP contribution in [0.3, 0.4) is 0 Å². The van der Waals surface area contributed by atoms with Crippen molar-refractivity contribution in [3.05, 3.63) is 105 Å². The first kappa shape index (κ1) is 33.0. The fraction of sp³-hybridized carbons (Fsp3) is 0.333. The summed E-state index contributed by atoms with van der Waals surface area (Å²) in [6.45, 7) is 1.61. The molecule has 1 heterocycles. The van der Waals surface area contributed by atoms with Crippen molar-refractivity contribution in [1.29, 1.82) is 5.26 Å². The fourth-order valence-electron chi connectivity index (χ4n) is 5.36. The second-order valence-electron chi connectivity index (χ2n) is 10.7. The summed E-state index contributed by atoms with van der Waals surface area (Å²) in [6, 6.07) is 21.3. The van der Waals surface area contributed by atoms with E-state index in [1.807, 2.05) is 19.1 Å². The highest BCUT2D eigenvalue weighted by Crippen LogP contribution is 2.44. The summed E-state index contributed by atoms with van der Waals surface area (Å²) in [6.07, 6.45) is -2.47. The Balaban J connectivity index is 1.80. The molecule has 1 aliphatic rings. The number of halogens is 2. The molecule has 1 saturated heterocycles. The maximum Gasteiger partial charge on any atom is 0.306 e. The molecule has 3 aromatic rings. The molecule has 3 aromatic carbocycles. The number of morpholine rings is 1. The number of carboxylic acid groups (broad SMARTS) is 1. The van der Waals surface area contributed by atoms with Crippen molar-refractivity contribution in [1.82, 2.24) is 10.2 Å². The Morgan fingerprint density at radius 1 is 1.00 bits per heavy atom. The molecule has 2 amide bonds. The molecule has 9 nitrogen and oxygen atoms in total. The van der Waals surface area contributed by atoms with Crippen LogP contribution in [0.5, 0.6) is 0 Å². The van der Waals surface area contributed by atoms with Crippen molar-refractivity contribution in [3.63, 3.8) is 0 Å². The largest absolute Gasteiger partial charge is 0.481 e. The van der Waals surface area contributed by atoms with Crippen LogP contribution in [0, 0.1) is 11.3 Å². The van der Waals surface area contributed by atoms with Gasteiger partial charge in [-0.05, 0) is 59.5 Å². The smallest absolute Gasteiger partial charge is 0.306 e. The lowest BCUT2D eigenvalue weighted by Gasteiger charge is -2.47. The zero-order valence-corrected chi connectivity index (χ0v) is 25.5. The summed E-state index contributed by atoms with van der Waals surface area (Å²) in [5.74, 6) is -2.11. The first-order valence-electron chi connectivity index (χ1n) is 14.3. The standard InChI is InChI=1S/C33H33Cl2N3O6/c1-2-3-27(32(42)37-19-26(39)17-29(40)41)38-30(22-8-12-24(34)13-9-22)31(23-10-14-25(35)15-11-23)44-28(33(38)43)16-20-4-6-21(18-36)7-5-20/h4-15,26-28,30-31,39H,2-3,16-17,19H2,1H3,(H,37,42)(H,40,41)/t26-,27+,28-,30+,31-/m1/s1. The Labute approximate surface area is 266 Å². The monoisotopic (exact) mass is 637 g/mol. The number of aliphatic carboxylic acids is 1. The number of amides is 2. The average Bonchev–Trinajstić information content (AvgIpc) is 3.00. The molecular formula is C33H33Cl2N3O6. The van der Waals surface area contributed by atoms with Crippen molar-refractivity contribution >= 4 is 41.0 Å². The van der Waals surface area contributed by atoms with E-state index in [1.54, 1.807) is 65.6 Å². The van der Waals surface area contributed by atoms with Gasteiger partial charge in [0, 0.05) is 23.0 Å². The molecule has 0 aliphatic carbocycles. The number of benzene rings is 3. The van der Waals surface area contributed by atoms with Crippen molar-refractivity contribution in [3.8, 4) is 6.07 Å². The molecule has 0 radical (unpaired) electrons. The zero-order chi connectivity index (χ0) is 31.8. The third kappa shape index (κ3) is 8.16. The van der Waals surface area contributed by atoms with Gasteiger partial charge in [0.2, 0.25) is 5.91 Å². The van der Waals surface area contributed by atoms with Gasteiger partial charge in [-0.1, -0.05) is 72.9 Å². The number of carboxylic acids is 1. The molecule has 1 aliphatic heterocycles. The minimum absolute atomic E-state index is 0.191. The molecule has 3 N–H and O–H groups in total. The number of aliphatic hydroxyl groups excluding tert-OH is 1. The van der Waals surface area contributed by atoms with Crippen LogP contribution >= 0.6 is 23.2 Å². The summed E-state index contributed by atoms with van der Waals surface area (Å²) >= 11 is 12.4. The highest BCUT2D eigenvalue weighted by molar-refractivity contribution is 6.30. The van der Waals surface area contributed by atoms with Crippen molar-refractivity contribution < 1.29 is 29.3 Å². The van der Waals surface area contributed by atoms with Crippen LogP contribution in [0.25, 0.3) is 0 Å². The number of nitrogens with zero attached hydrogens (tertiary/aromatic N) is 2. The molecule has 11 heteroatoms. The molecule has 0 aromatic heterocycles. The highest BCUT2D eigenvalue weighted by atomic mass is 35.5. The number of rotatable bonds is 12. The molecule has 1 fully saturated rings. The third-order valence-electron chi connectivity index (χ3n) is 7.46. The summed E-state index contributed by atoms with van der Waals surface area (Å²) in [7, 11) is 0. The van der Waals surface area contributed by atoms with Crippen LogP contribution in [0.15, 0.2) is 72.8 Å². The number of ether oxygens (including phenoxy) is 1. The Morgan fingerprint density at radius 3 is 2.14 bits per heavy atom. The summed E-state index contributed by atoms with van der Waals surface area (Å²) in [5.41, 5.74) is 2.69.